The molecule has 0 saturated heterocycles. The molecule has 0 aliphatic rings. The Hall–Kier alpha value is -4.14. The van der Waals surface area contributed by atoms with Crippen LogP contribution in [0.5, 0.6) is 0 Å². The van der Waals surface area contributed by atoms with E-state index in [1.54, 1.807) is 42.3 Å². The summed E-state index contributed by atoms with van der Waals surface area (Å²) in [6, 6.07) is 22.9. The van der Waals surface area contributed by atoms with Crippen LogP contribution in [0.25, 0.3) is 17.3 Å². The third kappa shape index (κ3) is 8.19. The number of ether oxygens (including phenoxy) is 1. The van der Waals surface area contributed by atoms with Gasteiger partial charge in [-0.05, 0) is 43.2 Å². The van der Waals surface area contributed by atoms with Crippen LogP contribution in [0.3, 0.4) is 0 Å². The van der Waals surface area contributed by atoms with Gasteiger partial charge in [-0.1, -0.05) is 60.7 Å². The number of likely N-dealkylation sites (N-methyl/N-ethyl adjacent to an activating group) is 1. The molecule has 0 spiro atoms. The molecule has 2 aromatic heterocycles. The van der Waals surface area contributed by atoms with E-state index in [0.717, 1.165) is 38.0 Å². The predicted octanol–water partition coefficient (Wildman–Crippen LogP) is 5.58. The highest BCUT2D eigenvalue weighted by atomic mass is 32.1. The van der Waals surface area contributed by atoms with Gasteiger partial charge in [0.25, 0.3) is 0 Å². The fraction of sp³-hybridized carbons (Fsp3) is 0.273. The minimum absolute atomic E-state index is 0.137. The van der Waals surface area contributed by atoms with Crippen molar-refractivity contribution in [3.63, 3.8) is 0 Å². The number of aryl methyl sites for hydroxylation is 2. The molecule has 0 unspecified atom stereocenters. The number of carbonyl (C=O) groups is 2. The largest absolute Gasteiger partial charge is 0.383 e. The molecule has 1 atom stereocenters. The molecule has 2 heterocycles. The number of carbonyl (C=O) groups excluding carboxylic acids is 2. The predicted molar refractivity (Wildman–Crippen MR) is 164 cm³/mol. The van der Waals surface area contributed by atoms with E-state index < -0.39 is 6.04 Å². The number of thiazole rings is 1. The second kappa shape index (κ2) is 14.5. The van der Waals surface area contributed by atoms with Crippen molar-refractivity contribution in [2.45, 2.75) is 32.9 Å². The Morgan fingerprint density at radius 1 is 0.976 bits per heavy atom. The highest BCUT2D eigenvalue weighted by molar-refractivity contribution is 7.12. The summed E-state index contributed by atoms with van der Waals surface area (Å²) in [6.07, 6.45) is 5.52. The topological polar surface area (TPSA) is 75.6 Å². The van der Waals surface area contributed by atoms with Crippen LogP contribution in [0.1, 0.15) is 26.7 Å². The molecule has 41 heavy (non-hydrogen) atoms. The van der Waals surface area contributed by atoms with Crippen LogP contribution >= 0.6 is 11.3 Å². The molecule has 2 amide bonds. The van der Waals surface area contributed by atoms with E-state index in [0.29, 0.717) is 19.6 Å². The van der Waals surface area contributed by atoms with Gasteiger partial charge in [-0.3, -0.25) is 14.6 Å². The number of rotatable bonds is 12. The number of amides is 2. The van der Waals surface area contributed by atoms with Crippen molar-refractivity contribution < 1.29 is 14.3 Å². The van der Waals surface area contributed by atoms with Gasteiger partial charge in [-0.2, -0.15) is 0 Å². The van der Waals surface area contributed by atoms with Crippen molar-refractivity contribution in [3.05, 3.63) is 112 Å². The second-order valence-corrected chi connectivity index (χ2v) is 11.1. The average Bonchev–Trinajstić information content (AvgIpc) is 3.33. The van der Waals surface area contributed by atoms with Crippen molar-refractivity contribution in [3.8, 4) is 11.3 Å². The standard InChI is InChI=1S/C33H36N4O3S/c1-24-31(41-25(2)35-24)17-18-32(38)37(23-27-13-15-28(16-14-27)29-12-8-9-19-34-29)30(22-26-10-6-5-7-11-26)33(39)36(3)20-21-40-4/h5-19,30H,20-23H2,1-4H3/t30-/m0/s1. The Morgan fingerprint density at radius 3 is 2.34 bits per heavy atom. The summed E-state index contributed by atoms with van der Waals surface area (Å²) in [5.74, 6) is -0.374. The Kier molecular flexibility index (Phi) is 10.5. The molecule has 0 aliphatic heterocycles. The van der Waals surface area contributed by atoms with Crippen molar-refractivity contribution >= 4 is 29.2 Å². The quantitative estimate of drug-likeness (QED) is 0.209. The molecular weight excluding hydrogens is 532 g/mol. The van der Waals surface area contributed by atoms with Crippen LogP contribution in [-0.4, -0.2) is 64.9 Å². The lowest BCUT2D eigenvalue weighted by atomic mass is 10.0. The highest BCUT2D eigenvalue weighted by Gasteiger charge is 2.31. The number of hydrogen-bond donors (Lipinski definition) is 0. The normalized spacial score (nSPS) is 11.9. The monoisotopic (exact) mass is 568 g/mol. The second-order valence-electron chi connectivity index (χ2n) is 9.85. The molecule has 0 aliphatic carbocycles. The van der Waals surface area contributed by atoms with E-state index >= 15 is 0 Å². The SMILES string of the molecule is COCCN(C)C(=O)[C@H](Cc1ccccc1)N(Cc1ccc(-c2ccccn2)cc1)C(=O)C=Cc1sc(C)nc1C. The molecule has 8 heteroatoms. The highest BCUT2D eigenvalue weighted by Crippen LogP contribution is 2.22. The lowest BCUT2D eigenvalue weighted by Crippen LogP contribution is -2.51. The first kappa shape index (κ1) is 29.8. The zero-order chi connectivity index (χ0) is 29.2. The minimum atomic E-state index is -0.712. The molecule has 4 rings (SSSR count). The van der Waals surface area contributed by atoms with Crippen LogP contribution in [0.15, 0.2) is 85.1 Å². The van der Waals surface area contributed by atoms with Gasteiger partial charge in [0, 0.05) is 51.5 Å². The van der Waals surface area contributed by atoms with Crippen LogP contribution in [0, 0.1) is 13.8 Å². The molecule has 0 N–H and O–H groups in total. The molecule has 0 bridgehead atoms. The van der Waals surface area contributed by atoms with Crippen molar-refractivity contribution in [2.24, 2.45) is 0 Å². The lowest BCUT2D eigenvalue weighted by molar-refractivity contribution is -0.143. The fourth-order valence-corrected chi connectivity index (χ4v) is 5.39. The van der Waals surface area contributed by atoms with Crippen molar-refractivity contribution in [2.75, 3.05) is 27.3 Å². The molecule has 4 aromatic rings. The number of pyridine rings is 1. The fourth-order valence-electron chi connectivity index (χ4n) is 4.56. The number of nitrogens with zero attached hydrogens (tertiary/aromatic N) is 4. The summed E-state index contributed by atoms with van der Waals surface area (Å²) < 4.78 is 5.22. The maximum atomic E-state index is 13.9. The first-order valence-electron chi connectivity index (χ1n) is 13.6. The molecule has 0 fully saturated rings. The van der Waals surface area contributed by atoms with Gasteiger partial charge in [0.05, 0.1) is 27.9 Å². The van der Waals surface area contributed by atoms with Gasteiger partial charge in [0.2, 0.25) is 11.8 Å². The van der Waals surface area contributed by atoms with Gasteiger partial charge in [-0.15, -0.1) is 11.3 Å². The summed E-state index contributed by atoms with van der Waals surface area (Å²) in [4.78, 5) is 41.0. The molecular formula is C33H36N4O3S. The van der Waals surface area contributed by atoms with Crippen molar-refractivity contribution in [1.82, 2.24) is 19.8 Å². The Labute approximate surface area is 246 Å². The smallest absolute Gasteiger partial charge is 0.247 e. The van der Waals surface area contributed by atoms with E-state index in [-0.39, 0.29) is 18.4 Å². The molecule has 212 valence electrons. The van der Waals surface area contributed by atoms with Crippen LogP contribution in [-0.2, 0) is 27.3 Å². The first-order chi connectivity index (χ1) is 19.9. The average molecular weight is 569 g/mol. The van der Waals surface area contributed by atoms with Gasteiger partial charge >= 0.3 is 0 Å². The number of benzene rings is 2. The van der Waals surface area contributed by atoms with Crippen LogP contribution in [0.4, 0.5) is 0 Å². The van der Waals surface area contributed by atoms with Crippen molar-refractivity contribution in [1.29, 1.82) is 0 Å². The summed E-state index contributed by atoms with van der Waals surface area (Å²) in [5, 5.41) is 0.941. The minimum Gasteiger partial charge on any atom is -0.383 e. The third-order valence-corrected chi connectivity index (χ3v) is 7.85. The summed E-state index contributed by atoms with van der Waals surface area (Å²) >= 11 is 1.54. The van der Waals surface area contributed by atoms with E-state index in [4.69, 9.17) is 4.74 Å². The van der Waals surface area contributed by atoms with Gasteiger partial charge in [-0.25, -0.2) is 4.98 Å². The van der Waals surface area contributed by atoms with Gasteiger partial charge in [0.15, 0.2) is 0 Å². The zero-order valence-electron chi connectivity index (χ0n) is 24.0. The summed E-state index contributed by atoms with van der Waals surface area (Å²) in [6.45, 7) is 4.99. The van der Waals surface area contributed by atoms with Crippen LogP contribution in [0.2, 0.25) is 0 Å². The van der Waals surface area contributed by atoms with E-state index in [9.17, 15) is 9.59 Å². The van der Waals surface area contributed by atoms with Gasteiger partial charge < -0.3 is 14.5 Å². The Bertz CT molecular complexity index is 1450. The summed E-state index contributed by atoms with van der Waals surface area (Å²) in [5.41, 5.74) is 4.64. The van der Waals surface area contributed by atoms with Crippen LogP contribution < -0.4 is 0 Å². The molecule has 0 radical (unpaired) electrons. The lowest BCUT2D eigenvalue weighted by Gasteiger charge is -2.33. The zero-order valence-corrected chi connectivity index (χ0v) is 24.8. The molecule has 7 nitrogen and oxygen atoms in total. The third-order valence-electron chi connectivity index (χ3n) is 6.81. The Balaban J connectivity index is 1.69. The first-order valence-corrected chi connectivity index (χ1v) is 14.4. The maximum Gasteiger partial charge on any atom is 0.247 e. The maximum absolute atomic E-state index is 13.9. The number of methoxy groups -OCH3 is 1. The van der Waals surface area contributed by atoms with E-state index in [2.05, 4.69) is 9.97 Å². The molecule has 0 saturated carbocycles. The summed E-state index contributed by atoms with van der Waals surface area (Å²) in [7, 11) is 3.36. The Morgan fingerprint density at radius 2 is 1.71 bits per heavy atom. The number of aromatic nitrogens is 2. The molecule has 2 aromatic carbocycles. The van der Waals surface area contributed by atoms with E-state index in [1.807, 2.05) is 86.6 Å². The van der Waals surface area contributed by atoms with Gasteiger partial charge in [0.1, 0.15) is 6.04 Å². The van der Waals surface area contributed by atoms with E-state index in [1.165, 1.54) is 11.3 Å². The number of hydrogen-bond acceptors (Lipinski definition) is 6.